The van der Waals surface area contributed by atoms with Crippen LogP contribution < -0.4 is 5.46 Å². The van der Waals surface area contributed by atoms with E-state index in [1.165, 1.54) is 112 Å². The van der Waals surface area contributed by atoms with E-state index in [2.05, 4.69) is 96.1 Å². The summed E-state index contributed by atoms with van der Waals surface area (Å²) in [6.45, 7) is 13.0. The molecule has 0 unspecified atom stereocenters. The van der Waals surface area contributed by atoms with Gasteiger partial charge in [-0.1, -0.05) is 133 Å². The third-order valence-electron chi connectivity index (χ3n) is 10.8. The minimum absolute atomic E-state index is 0.0834. The molecule has 1 aromatic heterocycles. The van der Waals surface area contributed by atoms with Gasteiger partial charge in [-0.15, -0.1) is 0 Å². The van der Waals surface area contributed by atoms with E-state index in [0.29, 0.717) is 0 Å². The fourth-order valence-electron chi connectivity index (χ4n) is 7.39. The summed E-state index contributed by atoms with van der Waals surface area (Å²) in [7, 11) is -0.390. The molecular weight excluding hydrogens is 537 g/mol. The largest absolute Gasteiger partial charge is 0.496 e. The number of unbranched alkanes of at least 4 members (excludes halogenated alkanes) is 10. The zero-order chi connectivity index (χ0) is 31.2. The molecule has 2 aliphatic rings. The monoisotopic (exact) mass is 593 g/mol. The Bertz CT molecular complexity index is 1330. The second-order valence-corrected chi connectivity index (χ2v) is 14.5. The molecule has 44 heavy (non-hydrogen) atoms. The van der Waals surface area contributed by atoms with Crippen LogP contribution >= 0.6 is 0 Å². The highest BCUT2D eigenvalue weighted by Crippen LogP contribution is 2.55. The van der Waals surface area contributed by atoms with Gasteiger partial charge in [-0.2, -0.15) is 0 Å². The summed E-state index contributed by atoms with van der Waals surface area (Å²) in [5, 5.41) is 0. The summed E-state index contributed by atoms with van der Waals surface area (Å²) >= 11 is 0. The van der Waals surface area contributed by atoms with Crippen LogP contribution in [0.25, 0.3) is 22.4 Å². The maximum Gasteiger partial charge on any atom is 0.496 e. The first-order chi connectivity index (χ1) is 21.2. The maximum absolute atomic E-state index is 6.29. The van der Waals surface area contributed by atoms with Gasteiger partial charge in [0.05, 0.1) is 16.9 Å². The van der Waals surface area contributed by atoms with Gasteiger partial charge in [-0.25, -0.2) is 0 Å². The molecule has 0 spiro atoms. The fraction of sp³-hybridized carbons (Fsp3) is 0.575. The van der Waals surface area contributed by atoms with Gasteiger partial charge in [0.2, 0.25) is 0 Å². The molecule has 0 radical (unpaired) electrons. The molecule has 5 rings (SSSR count). The molecule has 0 saturated carbocycles. The van der Waals surface area contributed by atoms with Gasteiger partial charge in [-0.05, 0) is 74.9 Å². The van der Waals surface area contributed by atoms with Crippen molar-refractivity contribution in [2.24, 2.45) is 0 Å². The predicted octanol–water partition coefficient (Wildman–Crippen LogP) is 10.8. The van der Waals surface area contributed by atoms with E-state index in [4.69, 9.17) is 14.3 Å². The summed E-state index contributed by atoms with van der Waals surface area (Å²) in [4.78, 5) is 4.96. The molecular formula is C40H56BNO2. The molecule has 4 heteroatoms. The van der Waals surface area contributed by atoms with Crippen LogP contribution in [0.2, 0.25) is 0 Å². The Kier molecular flexibility index (Phi) is 10.7. The molecule has 0 N–H and O–H groups in total. The van der Waals surface area contributed by atoms with Gasteiger partial charge in [0.1, 0.15) is 0 Å². The first-order valence-electron chi connectivity index (χ1n) is 17.8. The number of fused-ring (bicyclic) bond motifs is 3. The van der Waals surface area contributed by atoms with Crippen molar-refractivity contribution in [3.8, 4) is 22.4 Å². The van der Waals surface area contributed by atoms with E-state index in [1.807, 2.05) is 6.20 Å². The van der Waals surface area contributed by atoms with Crippen molar-refractivity contribution in [3.05, 3.63) is 71.9 Å². The highest BCUT2D eigenvalue weighted by atomic mass is 16.7. The topological polar surface area (TPSA) is 31.4 Å². The lowest BCUT2D eigenvalue weighted by molar-refractivity contribution is 0.00578. The minimum Gasteiger partial charge on any atom is -0.399 e. The summed E-state index contributed by atoms with van der Waals surface area (Å²) in [6, 6.07) is 20.7. The van der Waals surface area contributed by atoms with Gasteiger partial charge < -0.3 is 9.31 Å². The molecule has 1 aliphatic carbocycles. The molecule has 236 valence electrons. The van der Waals surface area contributed by atoms with Gasteiger partial charge in [0.25, 0.3) is 0 Å². The summed E-state index contributed by atoms with van der Waals surface area (Å²) in [6.07, 6.45) is 20.4. The molecule has 2 aromatic carbocycles. The third-order valence-corrected chi connectivity index (χ3v) is 10.8. The van der Waals surface area contributed by atoms with Crippen molar-refractivity contribution in [1.29, 1.82) is 0 Å². The van der Waals surface area contributed by atoms with Crippen molar-refractivity contribution in [3.63, 3.8) is 0 Å². The quantitative estimate of drug-likeness (QED) is 0.122. The number of benzene rings is 2. The molecule has 1 aliphatic heterocycles. The first-order valence-corrected chi connectivity index (χ1v) is 17.8. The van der Waals surface area contributed by atoms with Crippen LogP contribution in [0.3, 0.4) is 0 Å². The SMILES string of the molecule is CCCCCCCCC1(CCCCCCCC)c2ccccc2-c2ccc(-c3ccc(B4OC(C)(C)C(C)(C)O4)cn3)cc21. The lowest BCUT2D eigenvalue weighted by Gasteiger charge is -2.33. The van der Waals surface area contributed by atoms with E-state index in [0.717, 1.165) is 11.2 Å². The lowest BCUT2D eigenvalue weighted by atomic mass is 9.70. The zero-order valence-electron chi connectivity index (χ0n) is 28.5. The molecule has 3 aromatic rings. The first kappa shape index (κ1) is 33.0. The average Bonchev–Trinajstić information content (AvgIpc) is 3.42. The van der Waals surface area contributed by atoms with Crippen molar-refractivity contribution in [1.82, 2.24) is 4.98 Å². The summed E-state index contributed by atoms with van der Waals surface area (Å²) in [5.74, 6) is 0. The van der Waals surface area contributed by atoms with Crippen molar-refractivity contribution >= 4 is 12.6 Å². The van der Waals surface area contributed by atoms with Crippen LogP contribution in [0.5, 0.6) is 0 Å². The number of nitrogens with zero attached hydrogens (tertiary/aromatic N) is 1. The predicted molar refractivity (Wildman–Crippen MR) is 188 cm³/mol. The maximum atomic E-state index is 6.29. The van der Waals surface area contributed by atoms with E-state index in [9.17, 15) is 0 Å². The van der Waals surface area contributed by atoms with E-state index < -0.39 is 7.12 Å². The Morgan fingerprint density at radius 2 is 1.18 bits per heavy atom. The average molecular weight is 594 g/mol. The lowest BCUT2D eigenvalue weighted by Crippen LogP contribution is -2.41. The normalized spacial score (nSPS) is 17.5. The number of hydrogen-bond donors (Lipinski definition) is 0. The van der Waals surface area contributed by atoms with Crippen LogP contribution in [0, 0.1) is 0 Å². The van der Waals surface area contributed by atoms with Gasteiger partial charge in [0, 0.05) is 22.6 Å². The second kappa shape index (κ2) is 14.3. The highest BCUT2D eigenvalue weighted by molar-refractivity contribution is 6.62. The summed E-state index contributed by atoms with van der Waals surface area (Å²) in [5.41, 5.74) is 8.49. The van der Waals surface area contributed by atoms with Crippen molar-refractivity contribution in [2.75, 3.05) is 0 Å². The molecule has 3 nitrogen and oxygen atoms in total. The summed E-state index contributed by atoms with van der Waals surface area (Å²) < 4.78 is 12.6. The standard InChI is InChI=1S/C40H56BNO2/c1-7-9-11-13-15-19-27-40(28-20-16-14-12-10-8-2)35-22-18-17-21-33(35)34-25-23-31(29-36(34)40)37-26-24-32(30-42-37)41-43-38(3,4)39(5,6)44-41/h17-18,21-26,29-30H,7-16,19-20,27-28H2,1-6H3. The molecule has 0 atom stereocenters. The van der Waals surface area contributed by atoms with Crippen molar-refractivity contribution < 1.29 is 9.31 Å². The van der Waals surface area contributed by atoms with Gasteiger partial charge in [-0.3, -0.25) is 4.98 Å². The van der Waals surface area contributed by atoms with Gasteiger partial charge in [0.15, 0.2) is 0 Å². The molecule has 0 bridgehead atoms. The number of rotatable bonds is 16. The molecule has 1 fully saturated rings. The molecule has 0 amide bonds. The van der Waals surface area contributed by atoms with Crippen LogP contribution in [-0.2, 0) is 14.7 Å². The number of hydrogen-bond acceptors (Lipinski definition) is 3. The van der Waals surface area contributed by atoms with Crippen LogP contribution in [0.4, 0.5) is 0 Å². The Morgan fingerprint density at radius 1 is 0.614 bits per heavy atom. The van der Waals surface area contributed by atoms with Crippen LogP contribution in [0.1, 0.15) is 143 Å². The van der Waals surface area contributed by atoms with Gasteiger partial charge >= 0.3 is 7.12 Å². The van der Waals surface area contributed by atoms with Crippen LogP contribution in [0.15, 0.2) is 60.8 Å². The minimum atomic E-state index is -0.390. The van der Waals surface area contributed by atoms with E-state index in [-0.39, 0.29) is 16.6 Å². The fourth-order valence-corrected chi connectivity index (χ4v) is 7.39. The zero-order valence-corrected chi connectivity index (χ0v) is 28.5. The van der Waals surface area contributed by atoms with E-state index in [1.54, 1.807) is 5.56 Å². The van der Waals surface area contributed by atoms with Crippen molar-refractivity contribution in [2.45, 2.75) is 148 Å². The molecule has 1 saturated heterocycles. The Hall–Kier alpha value is -2.43. The number of aromatic nitrogens is 1. The van der Waals surface area contributed by atoms with E-state index >= 15 is 0 Å². The Labute approximate surface area is 268 Å². The highest BCUT2D eigenvalue weighted by Gasteiger charge is 2.51. The third kappa shape index (κ3) is 6.87. The van der Waals surface area contributed by atoms with Crippen LogP contribution in [-0.4, -0.2) is 23.3 Å². The second-order valence-electron chi connectivity index (χ2n) is 14.5. The number of pyridine rings is 1. The smallest absolute Gasteiger partial charge is 0.399 e. The molecule has 2 heterocycles. The Balaban J connectivity index is 1.43. The Morgan fingerprint density at radius 3 is 1.77 bits per heavy atom.